The lowest BCUT2D eigenvalue weighted by molar-refractivity contribution is -0.385. The maximum absolute atomic E-state index is 12.0. The summed E-state index contributed by atoms with van der Waals surface area (Å²) in [5.74, 6) is -0.422. The zero-order chi connectivity index (χ0) is 17.7. The molecule has 2 aromatic carbocycles. The van der Waals surface area contributed by atoms with Crippen molar-refractivity contribution in [1.29, 1.82) is 0 Å². The number of nitrogens with zero attached hydrogens (tertiary/aromatic N) is 3. The summed E-state index contributed by atoms with van der Waals surface area (Å²) in [7, 11) is 3.91. The van der Waals surface area contributed by atoms with E-state index in [9.17, 15) is 14.9 Å². The van der Waals surface area contributed by atoms with E-state index in [-0.39, 0.29) is 5.69 Å². The molecule has 124 valence electrons. The predicted octanol–water partition coefficient (Wildman–Crippen LogP) is 2.73. The topological polar surface area (TPSA) is 87.8 Å². The number of nitro benzene ring substituents is 1. The zero-order valence-electron chi connectivity index (χ0n) is 13.7. The van der Waals surface area contributed by atoms with Crippen molar-refractivity contribution in [1.82, 2.24) is 5.43 Å². The van der Waals surface area contributed by atoms with Gasteiger partial charge in [-0.15, -0.1) is 0 Å². The normalized spacial score (nSPS) is 10.6. The first-order chi connectivity index (χ1) is 11.4. The third-order valence-electron chi connectivity index (χ3n) is 3.44. The summed E-state index contributed by atoms with van der Waals surface area (Å²) in [5.41, 5.74) is 5.05. The van der Waals surface area contributed by atoms with Crippen molar-refractivity contribution >= 4 is 23.5 Å². The summed E-state index contributed by atoms with van der Waals surface area (Å²) in [4.78, 5) is 24.3. The minimum absolute atomic E-state index is 0.0176. The number of hydrogen-bond donors (Lipinski definition) is 1. The number of nitro groups is 1. The van der Waals surface area contributed by atoms with Crippen LogP contribution in [-0.4, -0.2) is 31.1 Å². The lowest BCUT2D eigenvalue weighted by atomic mass is 10.1. The molecule has 0 heterocycles. The molecule has 0 saturated heterocycles. The first kappa shape index (κ1) is 17.1. The molecule has 2 rings (SSSR count). The van der Waals surface area contributed by atoms with Gasteiger partial charge in [0.15, 0.2) is 0 Å². The molecule has 0 aromatic heterocycles. The molecule has 0 saturated carbocycles. The van der Waals surface area contributed by atoms with Crippen LogP contribution < -0.4 is 10.3 Å². The smallest absolute Gasteiger partial charge is 0.272 e. The van der Waals surface area contributed by atoms with Crippen LogP contribution in [0.2, 0.25) is 0 Å². The Bertz CT molecular complexity index is 783. The third-order valence-corrected chi connectivity index (χ3v) is 3.44. The summed E-state index contributed by atoms with van der Waals surface area (Å²) in [5, 5.41) is 14.7. The van der Waals surface area contributed by atoms with Gasteiger partial charge in [-0.3, -0.25) is 14.9 Å². The largest absolute Gasteiger partial charge is 0.378 e. The van der Waals surface area contributed by atoms with Crippen LogP contribution in [0, 0.1) is 17.0 Å². The van der Waals surface area contributed by atoms with Gasteiger partial charge in [0.2, 0.25) is 0 Å². The van der Waals surface area contributed by atoms with Crippen molar-refractivity contribution < 1.29 is 9.72 Å². The highest BCUT2D eigenvalue weighted by atomic mass is 16.6. The lowest BCUT2D eigenvalue weighted by Gasteiger charge is -2.11. The maximum Gasteiger partial charge on any atom is 0.272 e. The number of aryl methyl sites for hydroxylation is 1. The van der Waals surface area contributed by atoms with E-state index in [2.05, 4.69) is 10.5 Å². The van der Waals surface area contributed by atoms with Gasteiger partial charge in [0.25, 0.3) is 11.6 Å². The molecule has 0 aliphatic heterocycles. The predicted molar refractivity (Wildman–Crippen MR) is 93.7 cm³/mol. The number of hydrogen-bond acceptors (Lipinski definition) is 5. The van der Waals surface area contributed by atoms with Gasteiger partial charge in [-0.25, -0.2) is 5.43 Å². The molecule has 7 heteroatoms. The fraction of sp³-hybridized carbons (Fsp3) is 0.176. The fourth-order valence-corrected chi connectivity index (χ4v) is 2.09. The monoisotopic (exact) mass is 326 g/mol. The number of anilines is 1. The van der Waals surface area contributed by atoms with Crippen molar-refractivity contribution in [2.75, 3.05) is 19.0 Å². The Labute approximate surface area is 139 Å². The van der Waals surface area contributed by atoms with Gasteiger partial charge in [0.1, 0.15) is 0 Å². The summed E-state index contributed by atoms with van der Waals surface area (Å²) in [6.07, 6.45) is 1.54. The van der Waals surface area contributed by atoms with Crippen molar-refractivity contribution in [2.24, 2.45) is 5.10 Å². The Balaban J connectivity index is 2.02. The van der Waals surface area contributed by atoms with E-state index < -0.39 is 10.8 Å². The van der Waals surface area contributed by atoms with E-state index in [4.69, 9.17) is 0 Å². The van der Waals surface area contributed by atoms with Gasteiger partial charge in [-0.1, -0.05) is 12.1 Å². The van der Waals surface area contributed by atoms with Crippen molar-refractivity contribution in [2.45, 2.75) is 6.92 Å². The van der Waals surface area contributed by atoms with Crippen LogP contribution >= 0.6 is 0 Å². The van der Waals surface area contributed by atoms with Gasteiger partial charge in [0, 0.05) is 37.0 Å². The van der Waals surface area contributed by atoms with E-state index in [1.807, 2.05) is 43.3 Å². The fourth-order valence-electron chi connectivity index (χ4n) is 2.09. The zero-order valence-corrected chi connectivity index (χ0v) is 13.7. The molecule has 0 spiro atoms. The second kappa shape index (κ2) is 7.36. The lowest BCUT2D eigenvalue weighted by Crippen LogP contribution is -2.17. The molecule has 2 aromatic rings. The molecule has 24 heavy (non-hydrogen) atoms. The average molecular weight is 326 g/mol. The number of nitrogens with one attached hydrogen (secondary N) is 1. The van der Waals surface area contributed by atoms with Crippen LogP contribution in [0.3, 0.4) is 0 Å². The highest BCUT2D eigenvalue weighted by Crippen LogP contribution is 2.18. The molecule has 1 amide bonds. The second-order valence-corrected chi connectivity index (χ2v) is 5.44. The van der Waals surface area contributed by atoms with E-state index in [0.717, 1.165) is 11.3 Å². The Hall–Kier alpha value is -3.22. The van der Waals surface area contributed by atoms with Gasteiger partial charge >= 0.3 is 0 Å². The van der Waals surface area contributed by atoms with Crippen LogP contribution in [0.1, 0.15) is 21.5 Å². The van der Waals surface area contributed by atoms with Crippen LogP contribution in [0.5, 0.6) is 0 Å². The molecular formula is C17H18N4O3. The summed E-state index contributed by atoms with van der Waals surface area (Å²) in [6, 6.07) is 11.9. The van der Waals surface area contributed by atoms with Gasteiger partial charge in [-0.05, 0) is 36.8 Å². The summed E-state index contributed by atoms with van der Waals surface area (Å²) in [6.45, 7) is 1.59. The van der Waals surface area contributed by atoms with E-state index in [1.165, 1.54) is 24.4 Å². The molecule has 0 aliphatic carbocycles. The molecule has 0 fully saturated rings. The first-order valence-electron chi connectivity index (χ1n) is 7.24. The average Bonchev–Trinajstić information content (AvgIpc) is 2.54. The molecule has 7 nitrogen and oxygen atoms in total. The van der Waals surface area contributed by atoms with E-state index in [0.29, 0.717) is 11.1 Å². The van der Waals surface area contributed by atoms with Crippen LogP contribution in [0.15, 0.2) is 47.6 Å². The molecule has 0 aliphatic rings. The minimum atomic E-state index is -0.480. The standard InChI is InChI=1S/C17H18N4O3/c1-12-10-14(6-9-16(12)21(23)24)17(22)19-18-11-13-4-7-15(8-5-13)20(2)3/h4-11H,1-3H3,(H,19,22). The first-order valence-corrected chi connectivity index (χ1v) is 7.24. The Morgan fingerprint density at radius 2 is 1.88 bits per heavy atom. The maximum atomic E-state index is 12.0. The highest BCUT2D eigenvalue weighted by molar-refractivity contribution is 5.95. The number of amides is 1. The third kappa shape index (κ3) is 4.16. The van der Waals surface area contributed by atoms with Crippen LogP contribution in [0.4, 0.5) is 11.4 Å². The van der Waals surface area contributed by atoms with Crippen LogP contribution in [-0.2, 0) is 0 Å². The molecule has 0 atom stereocenters. The molecule has 0 unspecified atom stereocenters. The number of carbonyl (C=O) groups is 1. The Morgan fingerprint density at radius 3 is 2.42 bits per heavy atom. The molecule has 1 N–H and O–H groups in total. The van der Waals surface area contributed by atoms with Gasteiger partial charge < -0.3 is 4.90 Å². The Kier molecular flexibility index (Phi) is 5.26. The molecular weight excluding hydrogens is 308 g/mol. The highest BCUT2D eigenvalue weighted by Gasteiger charge is 2.13. The van der Waals surface area contributed by atoms with Crippen molar-refractivity contribution in [3.05, 3.63) is 69.3 Å². The van der Waals surface area contributed by atoms with Crippen LogP contribution in [0.25, 0.3) is 0 Å². The van der Waals surface area contributed by atoms with E-state index >= 15 is 0 Å². The van der Waals surface area contributed by atoms with E-state index in [1.54, 1.807) is 6.92 Å². The second-order valence-electron chi connectivity index (χ2n) is 5.44. The Morgan fingerprint density at radius 1 is 1.21 bits per heavy atom. The number of carbonyl (C=O) groups excluding carboxylic acids is 1. The number of benzene rings is 2. The van der Waals surface area contributed by atoms with Crippen molar-refractivity contribution in [3.8, 4) is 0 Å². The van der Waals surface area contributed by atoms with Crippen molar-refractivity contribution in [3.63, 3.8) is 0 Å². The minimum Gasteiger partial charge on any atom is -0.378 e. The quantitative estimate of drug-likeness (QED) is 0.520. The molecule has 0 bridgehead atoms. The number of rotatable bonds is 5. The summed E-state index contributed by atoms with van der Waals surface area (Å²) >= 11 is 0. The van der Waals surface area contributed by atoms with Gasteiger partial charge in [-0.2, -0.15) is 5.10 Å². The van der Waals surface area contributed by atoms with Gasteiger partial charge in [0.05, 0.1) is 11.1 Å². The molecule has 0 radical (unpaired) electrons. The number of hydrazone groups is 1. The summed E-state index contributed by atoms with van der Waals surface area (Å²) < 4.78 is 0. The SMILES string of the molecule is Cc1cc(C(=O)NN=Cc2ccc(N(C)C)cc2)ccc1[N+](=O)[O-].